The topological polar surface area (TPSA) is 43.9 Å². The average molecular weight is 303 g/mol. The maximum atomic E-state index is 12.6. The van der Waals surface area contributed by atoms with Gasteiger partial charge in [0, 0.05) is 18.3 Å². The second-order valence-electron chi connectivity index (χ2n) is 5.51. The van der Waals surface area contributed by atoms with Crippen LogP contribution in [0.4, 0.5) is 4.79 Å². The maximum Gasteiger partial charge on any atom is 0.332 e. The van der Waals surface area contributed by atoms with Crippen LogP contribution in [0.3, 0.4) is 0 Å². The Hall–Kier alpha value is -1.92. The molecule has 1 heterocycles. The van der Waals surface area contributed by atoms with Crippen molar-refractivity contribution in [2.24, 2.45) is 0 Å². The molecule has 21 heavy (non-hydrogen) atoms. The number of allylic oxidation sites excluding steroid dienone is 1. The first-order valence-corrected chi connectivity index (χ1v) is 7.75. The molecular formula is C15H21N3O2Si. The number of likely N-dealkylation sites (N-methyl/N-ethyl adjacent to an activating group) is 2. The van der Waals surface area contributed by atoms with E-state index in [0.29, 0.717) is 5.56 Å². The molecule has 0 N–H and O–H groups in total. The lowest BCUT2D eigenvalue weighted by Crippen LogP contribution is -2.57. The number of hydrogen-bond donors (Lipinski definition) is 0. The largest absolute Gasteiger partial charge is 0.332 e. The van der Waals surface area contributed by atoms with Gasteiger partial charge in [0.1, 0.15) is 6.17 Å². The van der Waals surface area contributed by atoms with Gasteiger partial charge in [-0.1, -0.05) is 18.2 Å². The third kappa shape index (κ3) is 2.64. The Morgan fingerprint density at radius 2 is 1.81 bits per heavy atom. The van der Waals surface area contributed by atoms with Crippen LogP contribution in [0.1, 0.15) is 24.2 Å². The summed E-state index contributed by atoms with van der Waals surface area (Å²) >= 11 is 0. The minimum atomic E-state index is -0.279. The van der Waals surface area contributed by atoms with Gasteiger partial charge in [-0.25, -0.2) is 9.69 Å². The van der Waals surface area contributed by atoms with E-state index >= 15 is 0 Å². The van der Waals surface area contributed by atoms with E-state index < -0.39 is 0 Å². The van der Waals surface area contributed by atoms with E-state index in [1.807, 2.05) is 27.0 Å². The van der Waals surface area contributed by atoms with E-state index in [2.05, 4.69) is 4.57 Å². The van der Waals surface area contributed by atoms with Gasteiger partial charge in [-0.15, -0.1) is 0 Å². The number of nitrogens with zero attached hydrogens (tertiary/aromatic N) is 3. The van der Waals surface area contributed by atoms with Gasteiger partial charge in [0.15, 0.2) is 0 Å². The molecule has 0 radical (unpaired) electrons. The average Bonchev–Trinajstić information content (AvgIpc) is 2.46. The van der Waals surface area contributed by atoms with Crippen molar-refractivity contribution in [2.75, 3.05) is 14.1 Å². The van der Waals surface area contributed by atoms with E-state index in [4.69, 9.17) is 0 Å². The summed E-state index contributed by atoms with van der Waals surface area (Å²) in [5, 5.41) is 0. The number of benzene rings is 1. The Morgan fingerprint density at radius 1 is 1.24 bits per heavy atom. The first kappa shape index (κ1) is 15.5. The van der Waals surface area contributed by atoms with Gasteiger partial charge < -0.3 is 9.47 Å². The van der Waals surface area contributed by atoms with Gasteiger partial charge in [0.25, 0.3) is 5.91 Å². The highest BCUT2D eigenvalue weighted by Gasteiger charge is 2.38. The van der Waals surface area contributed by atoms with Gasteiger partial charge in [-0.05, 0) is 38.6 Å². The highest BCUT2D eigenvalue weighted by atomic mass is 28.2. The second kappa shape index (κ2) is 5.83. The first-order chi connectivity index (χ1) is 9.86. The molecule has 1 aliphatic heterocycles. The van der Waals surface area contributed by atoms with Gasteiger partial charge in [0.05, 0.1) is 10.4 Å². The molecule has 5 nitrogen and oxygen atoms in total. The quantitative estimate of drug-likeness (QED) is 0.767. The van der Waals surface area contributed by atoms with Crippen molar-refractivity contribution in [1.29, 1.82) is 0 Å². The van der Waals surface area contributed by atoms with Crippen LogP contribution in [0, 0.1) is 0 Å². The molecule has 0 saturated carbocycles. The van der Waals surface area contributed by atoms with Crippen LogP contribution < -0.4 is 0 Å². The molecule has 1 aromatic rings. The number of carbonyl (C=O) groups excluding carboxylic acids is 2. The third-order valence-corrected chi connectivity index (χ3v) is 4.36. The number of urea groups is 1. The van der Waals surface area contributed by atoms with Crippen LogP contribution in [0.2, 0.25) is 0 Å². The second-order valence-corrected chi connectivity index (χ2v) is 6.92. The van der Waals surface area contributed by atoms with Crippen LogP contribution in [-0.2, 0) is 0 Å². The zero-order chi connectivity index (χ0) is 15.7. The van der Waals surface area contributed by atoms with Crippen molar-refractivity contribution in [3.63, 3.8) is 0 Å². The Kier molecular flexibility index (Phi) is 4.29. The fourth-order valence-corrected chi connectivity index (χ4v) is 3.48. The summed E-state index contributed by atoms with van der Waals surface area (Å²) in [4.78, 5) is 28.1. The molecule has 0 aromatic heterocycles. The van der Waals surface area contributed by atoms with Crippen LogP contribution in [-0.4, -0.2) is 57.0 Å². The molecule has 0 fully saturated rings. The molecule has 1 unspecified atom stereocenters. The molecule has 3 amide bonds. The van der Waals surface area contributed by atoms with Crippen molar-refractivity contribution >= 4 is 22.3 Å². The predicted molar refractivity (Wildman–Crippen MR) is 85.6 cm³/mol. The molecule has 0 spiro atoms. The Labute approximate surface area is 128 Å². The van der Waals surface area contributed by atoms with E-state index in [1.54, 1.807) is 36.2 Å². The minimum Gasteiger partial charge on any atom is -0.313 e. The summed E-state index contributed by atoms with van der Waals surface area (Å²) in [6, 6.07) is 8.62. The zero-order valence-corrected chi connectivity index (χ0v) is 15.1. The lowest BCUT2D eigenvalue weighted by molar-refractivity contribution is 0.0744. The third-order valence-electron chi connectivity index (χ3n) is 3.87. The van der Waals surface area contributed by atoms with Crippen molar-refractivity contribution < 1.29 is 9.59 Å². The lowest BCUT2D eigenvalue weighted by atomic mass is 10.1. The number of rotatable bonds is 2. The molecule has 1 atom stereocenters. The Balaban J connectivity index is 2.45. The number of amides is 3. The molecule has 2 rings (SSSR count). The summed E-state index contributed by atoms with van der Waals surface area (Å²) < 4.78 is 2.10. The molecular weight excluding hydrogens is 282 g/mol. The molecule has 0 saturated heterocycles. The van der Waals surface area contributed by atoms with Crippen LogP contribution in [0.25, 0.3) is 0 Å². The molecule has 1 aliphatic rings. The summed E-state index contributed by atoms with van der Waals surface area (Å²) in [5.74, 6) is -0.279. The smallest absolute Gasteiger partial charge is 0.313 e. The Bertz CT molecular complexity index is 598. The fourth-order valence-electron chi connectivity index (χ4n) is 2.74. The summed E-state index contributed by atoms with van der Waals surface area (Å²) in [5.41, 5.74) is 2.27. The molecule has 0 aliphatic carbocycles. The van der Waals surface area contributed by atoms with E-state index in [-0.39, 0.29) is 18.1 Å². The SMILES string of the molecule is CC1=C(C)N(C(=O)c2ccccc2)C(=O)N(C)C1N(C)[SiH3]. The molecule has 1 aromatic carbocycles. The predicted octanol–water partition coefficient (Wildman–Crippen LogP) is 1.03. The molecule has 0 bridgehead atoms. The van der Waals surface area contributed by atoms with E-state index in [9.17, 15) is 9.59 Å². The molecule has 112 valence electrons. The van der Waals surface area contributed by atoms with Crippen molar-refractivity contribution in [3.8, 4) is 0 Å². The van der Waals surface area contributed by atoms with Crippen molar-refractivity contribution in [2.45, 2.75) is 20.0 Å². The van der Waals surface area contributed by atoms with Gasteiger partial charge in [0.2, 0.25) is 0 Å². The monoisotopic (exact) mass is 303 g/mol. The summed E-state index contributed by atoms with van der Waals surface area (Å²) in [6.45, 7) is 3.81. The lowest BCUT2D eigenvalue weighted by Gasteiger charge is -2.42. The van der Waals surface area contributed by atoms with Gasteiger partial charge in [-0.3, -0.25) is 4.79 Å². The maximum absolute atomic E-state index is 12.6. The number of carbonyl (C=O) groups is 2. The zero-order valence-electron chi connectivity index (χ0n) is 13.1. The normalized spacial score (nSPS) is 19.7. The van der Waals surface area contributed by atoms with Crippen LogP contribution in [0.5, 0.6) is 0 Å². The Morgan fingerprint density at radius 3 is 2.33 bits per heavy atom. The van der Waals surface area contributed by atoms with E-state index in [1.165, 1.54) is 4.90 Å². The highest BCUT2D eigenvalue weighted by Crippen LogP contribution is 2.27. The summed E-state index contributed by atoms with van der Waals surface area (Å²) in [6.07, 6.45) is -0.0657. The summed E-state index contributed by atoms with van der Waals surface area (Å²) in [7, 11) is 4.55. The van der Waals surface area contributed by atoms with Gasteiger partial charge in [-0.2, -0.15) is 0 Å². The van der Waals surface area contributed by atoms with Crippen molar-refractivity contribution in [1.82, 2.24) is 14.4 Å². The van der Waals surface area contributed by atoms with E-state index in [0.717, 1.165) is 21.7 Å². The van der Waals surface area contributed by atoms with Crippen LogP contribution in [0.15, 0.2) is 41.6 Å². The molecule has 6 heteroatoms. The van der Waals surface area contributed by atoms with Crippen molar-refractivity contribution in [3.05, 3.63) is 47.2 Å². The van der Waals surface area contributed by atoms with Crippen LogP contribution >= 0.6 is 0 Å². The number of imide groups is 1. The number of hydrogen-bond acceptors (Lipinski definition) is 3. The standard InChI is InChI=1S/C15H21N3O2Si/c1-10-11(2)18(14(19)12-8-6-5-7-9-12)15(20)16(3)13(10)17(4)21/h5-9,13H,1-4,21H3. The highest BCUT2D eigenvalue weighted by molar-refractivity contribution is 6.07. The van der Waals surface area contributed by atoms with Gasteiger partial charge >= 0.3 is 6.03 Å². The first-order valence-electron chi connectivity index (χ1n) is 6.86. The fraction of sp³-hybridized carbons (Fsp3) is 0.333. The minimum absolute atomic E-state index is 0.0657.